The molecule has 1 aliphatic heterocycles. The van der Waals surface area contributed by atoms with E-state index in [0.717, 1.165) is 22.5 Å². The van der Waals surface area contributed by atoms with Crippen LogP contribution in [0.3, 0.4) is 0 Å². The SMILES string of the molecule is CC(=N)SC(=N)c1ccc2cnc(NC(=O)N3CC[C@H](N(C)C)[C@@H](F)C3)cc2c1. The van der Waals surface area contributed by atoms with Gasteiger partial charge >= 0.3 is 6.03 Å². The second kappa shape index (κ2) is 8.87. The molecule has 0 unspecified atom stereocenters. The number of pyridine rings is 1. The summed E-state index contributed by atoms with van der Waals surface area (Å²) in [7, 11) is 3.70. The quantitative estimate of drug-likeness (QED) is 0.524. The summed E-state index contributed by atoms with van der Waals surface area (Å²) in [5, 5.41) is 20.7. The van der Waals surface area contributed by atoms with E-state index in [1.165, 1.54) is 4.90 Å². The summed E-state index contributed by atoms with van der Waals surface area (Å²) in [6.45, 7) is 2.19. The Morgan fingerprint density at radius 1 is 1.31 bits per heavy atom. The molecule has 3 rings (SSSR count). The van der Waals surface area contributed by atoms with Gasteiger partial charge < -0.3 is 9.80 Å². The zero-order valence-corrected chi connectivity index (χ0v) is 17.5. The molecular weight excluding hydrogens is 391 g/mol. The first-order valence-corrected chi connectivity index (χ1v) is 10.1. The second-order valence-corrected chi connectivity index (χ2v) is 8.56. The predicted molar refractivity (Wildman–Crippen MR) is 117 cm³/mol. The molecule has 29 heavy (non-hydrogen) atoms. The average molecular weight is 417 g/mol. The highest BCUT2D eigenvalue weighted by Gasteiger charge is 2.32. The van der Waals surface area contributed by atoms with E-state index in [4.69, 9.17) is 10.8 Å². The number of carbonyl (C=O) groups excluding carboxylic acids is 1. The van der Waals surface area contributed by atoms with E-state index in [1.54, 1.807) is 19.2 Å². The number of piperidine rings is 1. The fraction of sp³-hybridized carbons (Fsp3) is 0.400. The van der Waals surface area contributed by atoms with Crippen molar-refractivity contribution < 1.29 is 9.18 Å². The van der Waals surface area contributed by atoms with E-state index in [1.807, 2.05) is 37.2 Å². The number of thioether (sulfide) groups is 1. The number of nitrogens with zero attached hydrogens (tertiary/aromatic N) is 3. The number of alkyl halides is 1. The number of halogens is 1. The van der Waals surface area contributed by atoms with Crippen molar-refractivity contribution in [2.24, 2.45) is 0 Å². The summed E-state index contributed by atoms with van der Waals surface area (Å²) in [5.74, 6) is 0.382. The number of amides is 2. The summed E-state index contributed by atoms with van der Waals surface area (Å²) < 4.78 is 14.4. The van der Waals surface area contributed by atoms with Gasteiger partial charge in [0.2, 0.25) is 0 Å². The number of nitrogens with one attached hydrogen (secondary N) is 3. The van der Waals surface area contributed by atoms with Gasteiger partial charge in [0.15, 0.2) is 0 Å². The first kappa shape index (κ1) is 21.2. The van der Waals surface area contributed by atoms with Crippen molar-refractivity contribution >= 4 is 44.5 Å². The fourth-order valence-corrected chi connectivity index (χ4v) is 3.96. The van der Waals surface area contributed by atoms with Gasteiger partial charge in [0.25, 0.3) is 0 Å². The normalized spacial score (nSPS) is 19.4. The number of hydrogen-bond donors (Lipinski definition) is 3. The van der Waals surface area contributed by atoms with Crippen LogP contribution in [0.5, 0.6) is 0 Å². The van der Waals surface area contributed by atoms with Gasteiger partial charge in [-0.2, -0.15) is 0 Å². The molecule has 9 heteroatoms. The molecule has 0 aliphatic carbocycles. The van der Waals surface area contributed by atoms with Gasteiger partial charge in [-0.15, -0.1) is 0 Å². The molecule has 154 valence electrons. The predicted octanol–water partition coefficient (Wildman–Crippen LogP) is 3.80. The maximum absolute atomic E-state index is 14.4. The Balaban J connectivity index is 1.72. The van der Waals surface area contributed by atoms with Crippen LogP contribution in [0.25, 0.3) is 10.8 Å². The van der Waals surface area contributed by atoms with E-state index >= 15 is 0 Å². The largest absolute Gasteiger partial charge is 0.323 e. The topological polar surface area (TPSA) is 96.2 Å². The lowest BCUT2D eigenvalue weighted by atomic mass is 10.0. The number of aromatic nitrogens is 1. The lowest BCUT2D eigenvalue weighted by Crippen LogP contribution is -2.52. The summed E-state index contributed by atoms with van der Waals surface area (Å²) in [5.41, 5.74) is 0.698. The molecule has 1 aromatic carbocycles. The Bertz CT molecular complexity index is 950. The number of fused-ring (bicyclic) bond motifs is 1. The van der Waals surface area contributed by atoms with Crippen molar-refractivity contribution in [2.45, 2.75) is 25.6 Å². The molecule has 3 N–H and O–H groups in total. The molecule has 0 saturated carbocycles. The molecule has 2 atom stereocenters. The molecule has 2 aromatic rings. The molecule has 2 amide bonds. The van der Waals surface area contributed by atoms with Crippen LogP contribution in [-0.4, -0.2) is 70.3 Å². The highest BCUT2D eigenvalue weighted by molar-refractivity contribution is 8.26. The van der Waals surface area contributed by atoms with Crippen LogP contribution in [0.4, 0.5) is 15.0 Å². The first-order valence-electron chi connectivity index (χ1n) is 9.32. The van der Waals surface area contributed by atoms with Gasteiger partial charge in [-0.1, -0.05) is 23.9 Å². The standard InChI is InChI=1S/C20H25FN6OS/c1-12(22)29-19(23)13-4-5-14-10-24-18(9-15(14)8-13)25-20(28)27-7-6-17(26(2)3)16(21)11-27/h4-5,8-10,16-17,22-23H,6-7,11H2,1-3H3,(H,24,25,28)/t16-,17-/m0/s1. The van der Waals surface area contributed by atoms with Crippen LogP contribution < -0.4 is 5.32 Å². The third-order valence-corrected chi connectivity index (χ3v) is 5.68. The number of likely N-dealkylation sites (tertiary alicyclic amines) is 1. The van der Waals surface area contributed by atoms with Crippen molar-refractivity contribution in [3.8, 4) is 0 Å². The van der Waals surface area contributed by atoms with Crippen LogP contribution in [0.2, 0.25) is 0 Å². The van der Waals surface area contributed by atoms with Crippen LogP contribution >= 0.6 is 11.8 Å². The second-order valence-electron chi connectivity index (χ2n) is 7.33. The van der Waals surface area contributed by atoms with Crippen molar-refractivity contribution in [3.63, 3.8) is 0 Å². The number of urea groups is 1. The Labute approximate surface area is 173 Å². The molecule has 1 aromatic heterocycles. The molecule has 1 aliphatic rings. The highest BCUT2D eigenvalue weighted by atomic mass is 32.2. The van der Waals surface area contributed by atoms with Crippen molar-refractivity contribution in [1.29, 1.82) is 10.8 Å². The lowest BCUT2D eigenvalue weighted by Gasteiger charge is -2.37. The molecular formula is C20H25FN6OS. The zero-order chi connectivity index (χ0) is 21.1. The lowest BCUT2D eigenvalue weighted by molar-refractivity contribution is 0.0755. The number of hydrogen-bond acceptors (Lipinski definition) is 6. The Kier molecular flexibility index (Phi) is 6.49. The molecule has 0 bridgehead atoms. The summed E-state index contributed by atoms with van der Waals surface area (Å²) in [4.78, 5) is 20.2. The minimum Gasteiger partial charge on any atom is -0.321 e. The molecule has 1 saturated heterocycles. The van der Waals surface area contributed by atoms with Crippen molar-refractivity contribution in [3.05, 3.63) is 36.0 Å². The fourth-order valence-electron chi connectivity index (χ4n) is 3.41. The number of benzene rings is 1. The van der Waals surface area contributed by atoms with Crippen molar-refractivity contribution in [1.82, 2.24) is 14.8 Å². The minimum atomic E-state index is -1.09. The summed E-state index contributed by atoms with van der Waals surface area (Å²) in [6.07, 6.45) is 1.16. The average Bonchev–Trinajstić information content (AvgIpc) is 2.66. The summed E-state index contributed by atoms with van der Waals surface area (Å²) in [6, 6.07) is 6.72. The zero-order valence-electron chi connectivity index (χ0n) is 16.7. The number of carbonyl (C=O) groups is 1. The van der Waals surface area contributed by atoms with Crippen LogP contribution in [0, 0.1) is 10.8 Å². The molecule has 2 heterocycles. The number of rotatable bonds is 3. The van der Waals surface area contributed by atoms with Gasteiger partial charge in [-0.25, -0.2) is 14.2 Å². The van der Waals surface area contributed by atoms with Crippen molar-refractivity contribution in [2.75, 3.05) is 32.5 Å². The van der Waals surface area contributed by atoms with E-state index in [9.17, 15) is 9.18 Å². The molecule has 7 nitrogen and oxygen atoms in total. The third kappa shape index (κ3) is 5.10. The van der Waals surface area contributed by atoms with Gasteiger partial charge in [0.1, 0.15) is 17.0 Å². The van der Waals surface area contributed by atoms with Crippen LogP contribution in [0.1, 0.15) is 18.9 Å². The number of anilines is 1. The summed E-state index contributed by atoms with van der Waals surface area (Å²) >= 11 is 1.09. The molecule has 0 radical (unpaired) electrons. The van der Waals surface area contributed by atoms with E-state index < -0.39 is 6.17 Å². The maximum Gasteiger partial charge on any atom is 0.323 e. The smallest absolute Gasteiger partial charge is 0.321 e. The third-order valence-electron chi connectivity index (χ3n) is 4.93. The maximum atomic E-state index is 14.4. The van der Waals surface area contributed by atoms with Gasteiger partial charge in [-0.05, 0) is 45.0 Å². The molecule has 1 fully saturated rings. The van der Waals surface area contributed by atoms with Gasteiger partial charge in [-0.3, -0.25) is 16.1 Å². The van der Waals surface area contributed by atoms with E-state index in [0.29, 0.717) is 34.4 Å². The minimum absolute atomic E-state index is 0.0593. The van der Waals surface area contributed by atoms with Gasteiger partial charge in [0.05, 0.1) is 11.6 Å². The van der Waals surface area contributed by atoms with Gasteiger partial charge in [0, 0.05) is 29.7 Å². The van der Waals surface area contributed by atoms with E-state index in [-0.39, 0.29) is 18.6 Å². The monoisotopic (exact) mass is 416 g/mol. The first-order chi connectivity index (χ1) is 13.7. The van der Waals surface area contributed by atoms with Crippen LogP contribution in [0.15, 0.2) is 30.5 Å². The van der Waals surface area contributed by atoms with E-state index in [2.05, 4.69) is 10.3 Å². The Hall–Kier alpha value is -2.52. The Morgan fingerprint density at radius 3 is 2.72 bits per heavy atom. The van der Waals surface area contributed by atoms with Crippen LogP contribution in [-0.2, 0) is 0 Å². The highest BCUT2D eigenvalue weighted by Crippen LogP contribution is 2.23. The molecule has 0 spiro atoms. The Morgan fingerprint density at radius 2 is 2.07 bits per heavy atom.